The number of carbonyl (C=O) groups excluding carboxylic acids is 3. The van der Waals surface area contributed by atoms with E-state index in [1.807, 2.05) is 0 Å². The van der Waals surface area contributed by atoms with Crippen molar-refractivity contribution in [2.45, 2.75) is 258 Å². The Bertz CT molecular complexity index is 1270. The molecule has 0 fully saturated rings. The Hall–Kier alpha value is -3.41. The summed E-state index contributed by atoms with van der Waals surface area (Å²) in [5.41, 5.74) is 0. The Morgan fingerprint density at radius 3 is 0.969 bits per heavy atom. The number of unbranched alkanes of at least 4 members (excludes halogenated alkanes) is 23. The highest BCUT2D eigenvalue weighted by Crippen LogP contribution is 2.16. The van der Waals surface area contributed by atoms with Crippen LogP contribution < -0.4 is 0 Å². The standard InChI is InChI=1S/C59H100O6/c1-4-7-10-13-16-19-22-25-27-28-29-30-32-34-37-40-43-46-49-52-58(61)64-55-56(54-63-57(60)51-48-45-42-39-36-33-24-21-18-15-12-9-6-3)65-59(62)53-50-47-44-41-38-35-31-26-23-20-17-14-11-8-5-2/h8-9,11-12,17-18,20-21,26,31,33,36,38,41,56H,4-7,10,13-16,19,22-25,27-30,32,34-35,37,39-40,42-55H2,1-3H3/b11-8-,12-9-,20-17-,21-18-,31-26-,36-33-,41-38-. The summed E-state index contributed by atoms with van der Waals surface area (Å²) in [5.74, 6) is -0.971. The number of hydrogen-bond acceptors (Lipinski definition) is 6. The Kier molecular flexibility index (Phi) is 50.4. The molecule has 0 radical (unpaired) electrons. The largest absolute Gasteiger partial charge is 0.462 e. The molecule has 0 aliphatic carbocycles. The fraction of sp³-hybridized carbons (Fsp3) is 0.712. The number of carbonyl (C=O) groups is 3. The van der Waals surface area contributed by atoms with Gasteiger partial charge in [-0.25, -0.2) is 0 Å². The molecular formula is C59H100O6. The lowest BCUT2D eigenvalue weighted by molar-refractivity contribution is -0.167. The van der Waals surface area contributed by atoms with Crippen LogP contribution in [-0.2, 0) is 28.6 Å². The normalized spacial score (nSPS) is 12.7. The van der Waals surface area contributed by atoms with E-state index in [9.17, 15) is 14.4 Å². The third-order valence-electron chi connectivity index (χ3n) is 11.4. The van der Waals surface area contributed by atoms with Gasteiger partial charge in [0.05, 0.1) is 0 Å². The topological polar surface area (TPSA) is 78.9 Å². The van der Waals surface area contributed by atoms with E-state index >= 15 is 0 Å². The molecule has 0 aromatic rings. The fourth-order valence-corrected chi connectivity index (χ4v) is 7.39. The maximum Gasteiger partial charge on any atom is 0.306 e. The first-order chi connectivity index (χ1) is 32.0. The van der Waals surface area contributed by atoms with Crippen molar-refractivity contribution in [1.29, 1.82) is 0 Å². The number of ether oxygens (including phenoxy) is 3. The van der Waals surface area contributed by atoms with E-state index in [4.69, 9.17) is 14.2 Å². The van der Waals surface area contributed by atoms with Gasteiger partial charge >= 0.3 is 17.9 Å². The second-order valence-electron chi connectivity index (χ2n) is 17.7. The number of esters is 3. The summed E-state index contributed by atoms with van der Waals surface area (Å²) >= 11 is 0. The van der Waals surface area contributed by atoms with Crippen LogP contribution in [0.1, 0.15) is 252 Å². The second kappa shape index (κ2) is 53.2. The zero-order valence-electron chi connectivity index (χ0n) is 42.5. The Morgan fingerprint density at radius 2 is 0.600 bits per heavy atom. The average Bonchev–Trinajstić information content (AvgIpc) is 3.30. The monoisotopic (exact) mass is 905 g/mol. The molecule has 65 heavy (non-hydrogen) atoms. The third-order valence-corrected chi connectivity index (χ3v) is 11.4. The molecule has 0 rings (SSSR count). The Labute approximate surface area is 401 Å². The highest BCUT2D eigenvalue weighted by molar-refractivity contribution is 5.71. The molecule has 0 aromatic heterocycles. The van der Waals surface area contributed by atoms with Gasteiger partial charge in [0.2, 0.25) is 0 Å². The van der Waals surface area contributed by atoms with Crippen molar-refractivity contribution >= 4 is 17.9 Å². The van der Waals surface area contributed by atoms with Crippen LogP contribution in [0.3, 0.4) is 0 Å². The van der Waals surface area contributed by atoms with Gasteiger partial charge in [0, 0.05) is 19.3 Å². The Morgan fingerprint density at radius 1 is 0.323 bits per heavy atom. The van der Waals surface area contributed by atoms with Gasteiger partial charge in [-0.2, -0.15) is 0 Å². The molecule has 0 spiro atoms. The predicted octanol–water partition coefficient (Wildman–Crippen LogP) is 18.0. The summed E-state index contributed by atoms with van der Waals surface area (Å²) in [4.78, 5) is 38.0. The first-order valence-electron chi connectivity index (χ1n) is 27.1. The molecule has 0 N–H and O–H groups in total. The van der Waals surface area contributed by atoms with Crippen LogP contribution in [0.15, 0.2) is 85.1 Å². The van der Waals surface area contributed by atoms with E-state index in [2.05, 4.69) is 106 Å². The van der Waals surface area contributed by atoms with E-state index in [1.54, 1.807) is 0 Å². The molecule has 6 nitrogen and oxygen atoms in total. The Balaban J connectivity index is 4.42. The van der Waals surface area contributed by atoms with Crippen molar-refractivity contribution in [1.82, 2.24) is 0 Å². The van der Waals surface area contributed by atoms with Crippen molar-refractivity contribution in [3.8, 4) is 0 Å². The minimum atomic E-state index is -0.809. The molecule has 1 atom stereocenters. The van der Waals surface area contributed by atoms with Crippen LogP contribution in [0, 0.1) is 0 Å². The van der Waals surface area contributed by atoms with Gasteiger partial charge in [0.15, 0.2) is 6.10 Å². The SMILES string of the molecule is CC/C=C\C/C=C\C/C=C\C/C=C\CCCCC(=O)OC(COC(=O)CCCCC/C=C\C/C=C\C/C=C\CC)COC(=O)CCCCCCCCCCCCCCCCCCCCC. The molecule has 6 heteroatoms. The van der Waals surface area contributed by atoms with Crippen LogP contribution in [0.5, 0.6) is 0 Å². The maximum atomic E-state index is 12.8. The molecule has 0 bridgehead atoms. The molecule has 0 aromatic carbocycles. The number of hydrogen-bond donors (Lipinski definition) is 0. The minimum absolute atomic E-state index is 0.101. The zero-order chi connectivity index (χ0) is 47.2. The molecule has 0 amide bonds. The minimum Gasteiger partial charge on any atom is -0.462 e. The molecule has 0 heterocycles. The van der Waals surface area contributed by atoms with E-state index in [0.29, 0.717) is 19.3 Å². The lowest BCUT2D eigenvalue weighted by Crippen LogP contribution is -2.30. The van der Waals surface area contributed by atoms with Crippen LogP contribution in [0.25, 0.3) is 0 Å². The van der Waals surface area contributed by atoms with Crippen LogP contribution in [0.4, 0.5) is 0 Å². The second-order valence-corrected chi connectivity index (χ2v) is 17.7. The van der Waals surface area contributed by atoms with Crippen molar-refractivity contribution in [2.75, 3.05) is 13.2 Å². The van der Waals surface area contributed by atoms with Crippen molar-refractivity contribution in [2.24, 2.45) is 0 Å². The smallest absolute Gasteiger partial charge is 0.306 e. The summed E-state index contributed by atoms with van der Waals surface area (Å²) in [6.07, 6.45) is 68.7. The third kappa shape index (κ3) is 51.4. The zero-order valence-corrected chi connectivity index (χ0v) is 42.5. The van der Waals surface area contributed by atoms with Crippen molar-refractivity contribution in [3.05, 3.63) is 85.1 Å². The number of rotatable bonds is 48. The lowest BCUT2D eigenvalue weighted by Gasteiger charge is -2.18. The van der Waals surface area contributed by atoms with Crippen LogP contribution >= 0.6 is 0 Å². The van der Waals surface area contributed by atoms with Gasteiger partial charge in [-0.05, 0) is 89.9 Å². The fourth-order valence-electron chi connectivity index (χ4n) is 7.39. The van der Waals surface area contributed by atoms with Crippen molar-refractivity contribution < 1.29 is 28.6 Å². The molecule has 0 aliphatic rings. The van der Waals surface area contributed by atoms with E-state index in [-0.39, 0.29) is 37.5 Å². The summed E-state index contributed by atoms with van der Waals surface area (Å²) < 4.78 is 16.8. The molecule has 0 saturated heterocycles. The van der Waals surface area contributed by atoms with Gasteiger partial charge in [-0.3, -0.25) is 14.4 Å². The quantitative estimate of drug-likeness (QED) is 0.0262. The average molecular weight is 905 g/mol. The predicted molar refractivity (Wildman–Crippen MR) is 279 cm³/mol. The molecule has 1 unspecified atom stereocenters. The highest BCUT2D eigenvalue weighted by atomic mass is 16.6. The van der Waals surface area contributed by atoms with Gasteiger partial charge in [-0.15, -0.1) is 0 Å². The van der Waals surface area contributed by atoms with E-state index < -0.39 is 6.10 Å². The first kappa shape index (κ1) is 61.6. The van der Waals surface area contributed by atoms with E-state index in [0.717, 1.165) is 103 Å². The summed E-state index contributed by atoms with van der Waals surface area (Å²) in [7, 11) is 0. The number of allylic oxidation sites excluding steroid dienone is 14. The van der Waals surface area contributed by atoms with Crippen LogP contribution in [0.2, 0.25) is 0 Å². The van der Waals surface area contributed by atoms with Gasteiger partial charge in [0.1, 0.15) is 13.2 Å². The summed E-state index contributed by atoms with van der Waals surface area (Å²) in [6, 6.07) is 0. The van der Waals surface area contributed by atoms with Gasteiger partial charge < -0.3 is 14.2 Å². The maximum absolute atomic E-state index is 12.8. The van der Waals surface area contributed by atoms with Gasteiger partial charge in [0.25, 0.3) is 0 Å². The first-order valence-corrected chi connectivity index (χ1v) is 27.1. The van der Waals surface area contributed by atoms with Gasteiger partial charge in [-0.1, -0.05) is 228 Å². The highest BCUT2D eigenvalue weighted by Gasteiger charge is 2.19. The molecule has 0 aliphatic heterocycles. The molecule has 372 valence electrons. The van der Waals surface area contributed by atoms with E-state index in [1.165, 1.54) is 103 Å². The summed E-state index contributed by atoms with van der Waals surface area (Å²) in [6.45, 7) is 6.36. The van der Waals surface area contributed by atoms with Crippen molar-refractivity contribution in [3.63, 3.8) is 0 Å². The van der Waals surface area contributed by atoms with Crippen LogP contribution in [-0.4, -0.2) is 37.2 Å². The molecule has 0 saturated carbocycles. The summed E-state index contributed by atoms with van der Waals surface area (Å²) in [5, 5.41) is 0. The molecular weight excluding hydrogens is 805 g/mol. The lowest BCUT2D eigenvalue weighted by atomic mass is 10.0.